The Bertz CT molecular complexity index is 944. The zero-order valence-corrected chi connectivity index (χ0v) is 15.5. The summed E-state index contributed by atoms with van der Waals surface area (Å²) >= 11 is 2.70. The predicted octanol–water partition coefficient (Wildman–Crippen LogP) is 4.41. The van der Waals surface area contributed by atoms with Crippen molar-refractivity contribution in [3.05, 3.63) is 74.1 Å². The number of esters is 1. The molecular weight excluding hydrogens is 370 g/mol. The predicted molar refractivity (Wildman–Crippen MR) is 102 cm³/mol. The molecule has 0 aliphatic heterocycles. The van der Waals surface area contributed by atoms with Gasteiger partial charge in [-0.2, -0.15) is 0 Å². The maximum atomic E-state index is 12.2. The first-order valence-corrected chi connectivity index (χ1v) is 9.44. The highest BCUT2D eigenvalue weighted by atomic mass is 32.1. The minimum atomic E-state index is -0.612. The van der Waals surface area contributed by atoms with Crippen molar-refractivity contribution in [2.45, 2.75) is 6.92 Å². The van der Waals surface area contributed by atoms with E-state index in [-0.39, 0.29) is 23.9 Å². The van der Waals surface area contributed by atoms with Crippen LogP contribution in [-0.2, 0) is 4.74 Å². The molecule has 0 bridgehead atoms. The van der Waals surface area contributed by atoms with Crippen molar-refractivity contribution in [3.63, 3.8) is 0 Å². The van der Waals surface area contributed by atoms with Gasteiger partial charge in [-0.1, -0.05) is 12.1 Å². The Morgan fingerprint density at radius 2 is 1.88 bits per heavy atom. The molecule has 0 saturated carbocycles. The van der Waals surface area contributed by atoms with Gasteiger partial charge < -0.3 is 10.1 Å². The van der Waals surface area contributed by atoms with E-state index < -0.39 is 5.97 Å². The van der Waals surface area contributed by atoms with Crippen molar-refractivity contribution in [3.8, 4) is 0 Å². The van der Waals surface area contributed by atoms with Gasteiger partial charge in [-0.05, 0) is 48.7 Å². The lowest BCUT2D eigenvalue weighted by Gasteiger charge is -2.07. The highest BCUT2D eigenvalue weighted by molar-refractivity contribution is 7.14. The van der Waals surface area contributed by atoms with E-state index >= 15 is 0 Å². The first-order chi connectivity index (χ1) is 12.5. The molecule has 0 aliphatic rings. The Kier molecular flexibility index (Phi) is 5.60. The van der Waals surface area contributed by atoms with E-state index in [1.165, 1.54) is 28.7 Å². The number of ether oxygens (including phenoxy) is 1. The largest absolute Gasteiger partial charge is 0.454 e. The molecule has 5 nitrogen and oxygen atoms in total. The number of anilines is 1. The minimum Gasteiger partial charge on any atom is -0.454 e. The Balaban J connectivity index is 1.61. The minimum absolute atomic E-state index is 0.237. The van der Waals surface area contributed by atoms with Gasteiger partial charge in [-0.25, -0.2) is 4.79 Å². The molecule has 132 valence electrons. The van der Waals surface area contributed by atoms with Crippen LogP contribution in [-0.4, -0.2) is 24.3 Å². The molecule has 7 heteroatoms. The summed E-state index contributed by atoms with van der Waals surface area (Å²) in [5, 5.41) is 4.55. The third-order valence-corrected chi connectivity index (χ3v) is 5.36. The number of carbonyl (C=O) groups is 3. The first kappa shape index (κ1) is 18.0. The van der Waals surface area contributed by atoms with E-state index in [4.69, 9.17) is 4.74 Å². The third-order valence-electron chi connectivity index (χ3n) is 3.45. The molecule has 1 aromatic carbocycles. The van der Waals surface area contributed by atoms with Crippen LogP contribution in [0.3, 0.4) is 0 Å². The molecule has 2 heterocycles. The van der Waals surface area contributed by atoms with Gasteiger partial charge in [0.15, 0.2) is 6.61 Å². The SMILES string of the molecule is Cc1ccc(C(=O)COC(=O)c2cccc(NC(=O)c3cccs3)c2)s1. The Labute approximate surface area is 158 Å². The van der Waals surface area contributed by atoms with Crippen molar-refractivity contribution in [2.24, 2.45) is 0 Å². The third kappa shape index (κ3) is 4.44. The molecule has 3 aromatic rings. The molecule has 0 unspecified atom stereocenters. The van der Waals surface area contributed by atoms with Crippen LogP contribution < -0.4 is 5.32 Å². The van der Waals surface area contributed by atoms with Crippen LogP contribution in [0.15, 0.2) is 53.9 Å². The van der Waals surface area contributed by atoms with Gasteiger partial charge >= 0.3 is 5.97 Å². The molecule has 1 N–H and O–H groups in total. The molecule has 0 fully saturated rings. The summed E-state index contributed by atoms with van der Waals surface area (Å²) in [6.45, 7) is 1.59. The van der Waals surface area contributed by atoms with Gasteiger partial charge in [0.25, 0.3) is 5.91 Å². The zero-order valence-electron chi connectivity index (χ0n) is 13.9. The van der Waals surface area contributed by atoms with Gasteiger partial charge in [0.05, 0.1) is 15.3 Å². The Morgan fingerprint density at radius 3 is 2.58 bits per heavy atom. The van der Waals surface area contributed by atoms with E-state index in [2.05, 4.69) is 5.32 Å². The Hall–Kier alpha value is -2.77. The van der Waals surface area contributed by atoms with Gasteiger partial charge in [0.1, 0.15) is 0 Å². The molecule has 1 amide bonds. The number of carbonyl (C=O) groups excluding carboxylic acids is 3. The average molecular weight is 385 g/mol. The summed E-state index contributed by atoms with van der Waals surface area (Å²) in [6.07, 6.45) is 0. The van der Waals surface area contributed by atoms with Gasteiger partial charge in [-0.15, -0.1) is 22.7 Å². The van der Waals surface area contributed by atoms with Gasteiger partial charge in [-0.3, -0.25) is 9.59 Å². The van der Waals surface area contributed by atoms with Crippen LogP contribution in [0, 0.1) is 6.92 Å². The maximum Gasteiger partial charge on any atom is 0.338 e. The number of nitrogens with one attached hydrogen (secondary N) is 1. The van der Waals surface area contributed by atoms with E-state index in [0.29, 0.717) is 15.4 Å². The highest BCUT2D eigenvalue weighted by Crippen LogP contribution is 2.17. The maximum absolute atomic E-state index is 12.2. The lowest BCUT2D eigenvalue weighted by molar-refractivity contribution is 0.0476. The zero-order chi connectivity index (χ0) is 18.5. The number of thiophene rings is 2. The summed E-state index contributed by atoms with van der Waals surface area (Å²) in [7, 11) is 0. The fourth-order valence-corrected chi connectivity index (χ4v) is 3.61. The van der Waals surface area contributed by atoms with Crippen LogP contribution in [0.1, 0.15) is 34.6 Å². The molecule has 0 radical (unpaired) electrons. The monoisotopic (exact) mass is 385 g/mol. The number of hydrogen-bond acceptors (Lipinski definition) is 6. The van der Waals surface area contributed by atoms with Crippen molar-refractivity contribution < 1.29 is 19.1 Å². The molecule has 0 saturated heterocycles. The molecule has 0 aliphatic carbocycles. The first-order valence-electron chi connectivity index (χ1n) is 7.74. The van der Waals surface area contributed by atoms with E-state index in [0.717, 1.165) is 4.88 Å². The van der Waals surface area contributed by atoms with Crippen LogP contribution in [0.5, 0.6) is 0 Å². The molecule has 3 rings (SSSR count). The summed E-state index contributed by atoms with van der Waals surface area (Å²) in [6, 6.07) is 13.5. The summed E-state index contributed by atoms with van der Waals surface area (Å²) < 4.78 is 5.09. The van der Waals surface area contributed by atoms with Crippen LogP contribution in [0.4, 0.5) is 5.69 Å². The number of rotatable bonds is 6. The van der Waals surface area contributed by atoms with Crippen LogP contribution >= 0.6 is 22.7 Å². The van der Waals surface area contributed by atoms with Crippen molar-refractivity contribution in [1.82, 2.24) is 0 Å². The van der Waals surface area contributed by atoms with Gasteiger partial charge in [0.2, 0.25) is 5.78 Å². The highest BCUT2D eigenvalue weighted by Gasteiger charge is 2.14. The van der Waals surface area contributed by atoms with Gasteiger partial charge in [0, 0.05) is 10.6 Å². The van der Waals surface area contributed by atoms with E-state index in [1.807, 2.05) is 18.4 Å². The molecule has 0 spiro atoms. The average Bonchev–Trinajstić information content (AvgIpc) is 3.31. The van der Waals surface area contributed by atoms with Crippen LogP contribution in [0.25, 0.3) is 0 Å². The second-order valence-electron chi connectivity index (χ2n) is 5.42. The number of ketones is 1. The number of aryl methyl sites for hydroxylation is 1. The van der Waals surface area contributed by atoms with Crippen molar-refractivity contribution in [2.75, 3.05) is 11.9 Å². The van der Waals surface area contributed by atoms with E-state index in [9.17, 15) is 14.4 Å². The molecule has 2 aromatic heterocycles. The standard InChI is InChI=1S/C19H15NO4S2/c1-12-7-8-16(26-12)15(21)11-24-19(23)13-4-2-5-14(10-13)20-18(22)17-6-3-9-25-17/h2-10H,11H2,1H3,(H,20,22). The quantitative estimate of drug-likeness (QED) is 0.504. The number of amides is 1. The molecule has 26 heavy (non-hydrogen) atoms. The fraction of sp³-hybridized carbons (Fsp3) is 0.105. The topological polar surface area (TPSA) is 72.5 Å². The summed E-state index contributed by atoms with van der Waals surface area (Å²) in [5.41, 5.74) is 0.752. The lowest BCUT2D eigenvalue weighted by atomic mass is 10.2. The van der Waals surface area contributed by atoms with E-state index in [1.54, 1.807) is 36.4 Å². The van der Waals surface area contributed by atoms with Crippen LogP contribution in [0.2, 0.25) is 0 Å². The second kappa shape index (κ2) is 8.07. The summed E-state index contributed by atoms with van der Waals surface area (Å²) in [5.74, 6) is -1.09. The number of benzene rings is 1. The molecule has 0 atom stereocenters. The van der Waals surface area contributed by atoms with Crippen molar-refractivity contribution >= 4 is 46.0 Å². The fourth-order valence-electron chi connectivity index (χ4n) is 2.19. The Morgan fingerprint density at radius 1 is 1.04 bits per heavy atom. The smallest absolute Gasteiger partial charge is 0.338 e. The molecular formula is C19H15NO4S2. The second-order valence-corrected chi connectivity index (χ2v) is 7.66. The number of Topliss-reactive ketones (excluding diaryl/α,β-unsaturated/α-hetero) is 1. The lowest BCUT2D eigenvalue weighted by Crippen LogP contribution is -2.14. The normalized spacial score (nSPS) is 10.3. The number of hydrogen-bond donors (Lipinski definition) is 1. The summed E-state index contributed by atoms with van der Waals surface area (Å²) in [4.78, 5) is 38.4. The van der Waals surface area contributed by atoms with Crippen molar-refractivity contribution in [1.29, 1.82) is 0 Å².